The second-order valence-corrected chi connectivity index (χ2v) is 18.0. The van der Waals surface area contributed by atoms with Gasteiger partial charge in [0.2, 0.25) is 5.91 Å². The number of rotatable bonds is 6. The summed E-state index contributed by atoms with van der Waals surface area (Å²) in [5, 5.41) is 11.5. The van der Waals surface area contributed by atoms with E-state index in [9.17, 15) is 14.7 Å². The van der Waals surface area contributed by atoms with Gasteiger partial charge < -0.3 is 14.7 Å². The average Bonchev–Trinajstić information content (AvgIpc) is 2.91. The molecule has 2 rings (SSSR count). The number of aliphatic hydroxyl groups is 1. The molecule has 0 saturated carbocycles. The summed E-state index contributed by atoms with van der Waals surface area (Å²) < 4.78 is 5.77. The van der Waals surface area contributed by atoms with Crippen molar-refractivity contribution in [1.29, 1.82) is 0 Å². The van der Waals surface area contributed by atoms with Gasteiger partial charge in [0.1, 0.15) is 5.60 Å². The van der Waals surface area contributed by atoms with E-state index in [2.05, 4.69) is 33.9 Å². The molecule has 1 amide bonds. The highest BCUT2D eigenvalue weighted by atomic mass is 28.3. The lowest BCUT2D eigenvalue weighted by Crippen LogP contribution is -2.49. The molecule has 1 aliphatic heterocycles. The number of benzene rings is 1. The third-order valence-corrected chi connectivity index (χ3v) is 13.0. The summed E-state index contributed by atoms with van der Waals surface area (Å²) in [4.78, 5) is 28.9. The number of ether oxygens (including phenoxy) is 1. The zero-order valence-electron chi connectivity index (χ0n) is 21.7. The number of hydrogen-bond donors (Lipinski definition) is 1. The van der Waals surface area contributed by atoms with Gasteiger partial charge in [0.05, 0.1) is 31.6 Å². The Labute approximate surface area is 195 Å². The van der Waals surface area contributed by atoms with E-state index in [-0.39, 0.29) is 23.5 Å². The third kappa shape index (κ3) is 5.45. The largest absolute Gasteiger partial charge is 0.459 e. The first kappa shape index (κ1) is 26.6. The van der Waals surface area contributed by atoms with Gasteiger partial charge in [-0.25, -0.2) is 0 Å². The minimum absolute atomic E-state index is 0.0645. The molecule has 1 aromatic rings. The molecule has 180 valence electrons. The molecule has 0 aromatic heterocycles. The van der Waals surface area contributed by atoms with Crippen molar-refractivity contribution in [2.24, 2.45) is 11.3 Å². The summed E-state index contributed by atoms with van der Waals surface area (Å²) in [6.45, 7) is 20.5. The van der Waals surface area contributed by atoms with Crippen LogP contribution in [-0.2, 0) is 14.3 Å². The summed E-state index contributed by atoms with van der Waals surface area (Å²) in [6.07, 6.45) is -0.895. The van der Waals surface area contributed by atoms with Crippen molar-refractivity contribution >= 4 is 20.0 Å². The van der Waals surface area contributed by atoms with E-state index in [1.165, 1.54) is 0 Å². The summed E-state index contributed by atoms with van der Waals surface area (Å²) in [7, 11) is -1.90. The van der Waals surface area contributed by atoms with Crippen LogP contribution in [0.3, 0.4) is 0 Å². The number of nitrogens with zero attached hydrogens (tertiary/aromatic N) is 1. The van der Waals surface area contributed by atoms with Gasteiger partial charge >= 0.3 is 5.97 Å². The standard InChI is InChI=1S/C26H43NO4Si/c1-18(19-14-12-11-13-15-19)27-17-26(8,23(30)31-24(2,3)4)21(22(27)29)20(28)16-32(9,10)25(5,6)7/h11-15,18,20-21,28H,16-17H2,1-10H3/t18-,20?,21?,26-/m1/s1. The van der Waals surface area contributed by atoms with Gasteiger partial charge in [-0.2, -0.15) is 0 Å². The highest BCUT2D eigenvalue weighted by Gasteiger charge is 2.59. The van der Waals surface area contributed by atoms with E-state index in [0.29, 0.717) is 6.04 Å². The lowest BCUT2D eigenvalue weighted by molar-refractivity contribution is -0.171. The van der Waals surface area contributed by atoms with Crippen LogP contribution >= 0.6 is 0 Å². The minimum atomic E-state index is -1.90. The second-order valence-electron chi connectivity index (χ2n) is 12.4. The van der Waals surface area contributed by atoms with Gasteiger partial charge in [-0.1, -0.05) is 64.2 Å². The maximum Gasteiger partial charge on any atom is 0.315 e. The fourth-order valence-corrected chi connectivity index (χ4v) is 6.24. The minimum Gasteiger partial charge on any atom is -0.459 e. The molecular weight excluding hydrogens is 418 g/mol. The molecule has 1 heterocycles. The Hall–Kier alpha value is -1.66. The molecule has 1 N–H and O–H groups in total. The van der Waals surface area contributed by atoms with E-state index in [1.807, 2.05) is 58.0 Å². The first-order chi connectivity index (χ1) is 14.4. The molecule has 4 atom stereocenters. The highest BCUT2D eigenvalue weighted by molar-refractivity contribution is 6.80. The highest BCUT2D eigenvalue weighted by Crippen LogP contribution is 2.47. The molecule has 32 heavy (non-hydrogen) atoms. The molecule has 5 nitrogen and oxygen atoms in total. The predicted octanol–water partition coefficient (Wildman–Crippen LogP) is 5.42. The maximum atomic E-state index is 13.8. The Morgan fingerprint density at radius 1 is 1.19 bits per heavy atom. The molecule has 1 saturated heterocycles. The molecule has 1 aliphatic rings. The first-order valence-electron chi connectivity index (χ1n) is 11.7. The normalized spacial score (nSPS) is 24.4. The Bertz CT molecular complexity index is 824. The van der Waals surface area contributed by atoms with Crippen LogP contribution in [0.25, 0.3) is 0 Å². The monoisotopic (exact) mass is 461 g/mol. The summed E-state index contributed by atoms with van der Waals surface area (Å²) in [5.74, 6) is -1.40. The predicted molar refractivity (Wildman–Crippen MR) is 132 cm³/mol. The summed E-state index contributed by atoms with van der Waals surface area (Å²) in [6, 6.07) is 10.2. The molecule has 1 fully saturated rings. The number of esters is 1. The molecule has 0 aliphatic carbocycles. The van der Waals surface area contributed by atoms with Crippen molar-refractivity contribution in [2.75, 3.05) is 6.54 Å². The molecule has 1 aromatic carbocycles. The number of likely N-dealkylation sites (tertiary alicyclic amines) is 1. The molecule has 0 spiro atoms. The van der Waals surface area contributed by atoms with Crippen molar-refractivity contribution < 1.29 is 19.4 Å². The zero-order chi connectivity index (χ0) is 24.7. The van der Waals surface area contributed by atoms with E-state index < -0.39 is 37.1 Å². The number of carbonyl (C=O) groups excluding carboxylic acids is 2. The van der Waals surface area contributed by atoms with Crippen molar-refractivity contribution in [3.8, 4) is 0 Å². The Morgan fingerprint density at radius 2 is 1.72 bits per heavy atom. The summed E-state index contributed by atoms with van der Waals surface area (Å²) in [5.41, 5.74) is -0.780. The van der Waals surface area contributed by atoms with Crippen LogP contribution in [0.2, 0.25) is 24.2 Å². The first-order valence-corrected chi connectivity index (χ1v) is 14.9. The van der Waals surface area contributed by atoms with Crippen LogP contribution in [0, 0.1) is 11.3 Å². The smallest absolute Gasteiger partial charge is 0.315 e. The second kappa shape index (κ2) is 8.94. The van der Waals surface area contributed by atoms with Gasteiger partial charge in [0.15, 0.2) is 0 Å². The average molecular weight is 462 g/mol. The van der Waals surface area contributed by atoms with Crippen LogP contribution in [0.15, 0.2) is 30.3 Å². The van der Waals surface area contributed by atoms with E-state index >= 15 is 0 Å². The maximum absolute atomic E-state index is 13.8. The Balaban J connectivity index is 2.46. The summed E-state index contributed by atoms with van der Waals surface area (Å²) >= 11 is 0. The number of carbonyl (C=O) groups is 2. The van der Waals surface area contributed by atoms with Crippen molar-refractivity contribution in [1.82, 2.24) is 4.90 Å². The van der Waals surface area contributed by atoms with Crippen LogP contribution in [0.5, 0.6) is 0 Å². The zero-order valence-corrected chi connectivity index (χ0v) is 22.7. The van der Waals surface area contributed by atoms with Crippen LogP contribution < -0.4 is 0 Å². The quantitative estimate of drug-likeness (QED) is 0.453. The van der Waals surface area contributed by atoms with Crippen molar-refractivity contribution in [3.05, 3.63) is 35.9 Å². The van der Waals surface area contributed by atoms with Gasteiger partial charge in [-0.15, -0.1) is 0 Å². The lowest BCUT2D eigenvalue weighted by atomic mass is 9.76. The van der Waals surface area contributed by atoms with E-state index in [0.717, 1.165) is 5.56 Å². The van der Waals surface area contributed by atoms with Crippen LogP contribution in [0.1, 0.15) is 67.0 Å². The molecule has 0 radical (unpaired) electrons. The van der Waals surface area contributed by atoms with E-state index in [4.69, 9.17) is 4.74 Å². The molecule has 6 heteroatoms. The molecular formula is C26H43NO4Si. The lowest BCUT2D eigenvalue weighted by Gasteiger charge is -2.41. The third-order valence-electron chi connectivity index (χ3n) is 7.48. The van der Waals surface area contributed by atoms with E-state index in [1.54, 1.807) is 11.8 Å². The molecule has 2 unspecified atom stereocenters. The Morgan fingerprint density at radius 3 is 2.19 bits per heavy atom. The van der Waals surface area contributed by atoms with Gasteiger partial charge in [0.25, 0.3) is 0 Å². The number of hydrogen-bond acceptors (Lipinski definition) is 4. The van der Waals surface area contributed by atoms with Gasteiger partial charge in [0, 0.05) is 6.54 Å². The fourth-order valence-electron chi connectivity index (χ4n) is 4.34. The fraction of sp³-hybridized carbons (Fsp3) is 0.692. The topological polar surface area (TPSA) is 66.8 Å². The van der Waals surface area contributed by atoms with Crippen molar-refractivity contribution in [2.45, 2.75) is 97.3 Å². The van der Waals surface area contributed by atoms with Crippen LogP contribution in [0.4, 0.5) is 0 Å². The van der Waals surface area contributed by atoms with Crippen molar-refractivity contribution in [3.63, 3.8) is 0 Å². The number of amides is 1. The van der Waals surface area contributed by atoms with Crippen LogP contribution in [-0.4, -0.2) is 48.2 Å². The number of aliphatic hydroxyl groups excluding tert-OH is 1. The van der Waals surface area contributed by atoms with Gasteiger partial charge in [-0.05, 0) is 51.3 Å². The molecule has 0 bridgehead atoms. The Kier molecular flexibility index (Phi) is 7.43. The SMILES string of the molecule is C[C@H](c1ccccc1)N1C[C@@](C)(C(=O)OC(C)(C)C)C(C(O)C[Si](C)(C)C(C)(C)C)C1=O. The van der Waals surface area contributed by atoms with Gasteiger partial charge in [-0.3, -0.25) is 9.59 Å².